The molecule has 230 valence electrons. The number of aryl methyl sites for hydroxylation is 1. The second-order valence-corrected chi connectivity index (χ2v) is 14.3. The fraction of sp³-hybridized carbons (Fsp3) is 0.233. The number of carbonyl (C=O) groups excluding carboxylic acids is 1. The number of allylic oxidation sites excluding steroid dienone is 4. The quantitative estimate of drug-likeness (QED) is 0.126. The van der Waals surface area contributed by atoms with Crippen LogP contribution in [-0.2, 0) is 14.9 Å². The molecule has 0 fully saturated rings. The van der Waals surface area contributed by atoms with Gasteiger partial charge in [-0.05, 0) is 120 Å². The van der Waals surface area contributed by atoms with Crippen LogP contribution in [0.3, 0.4) is 0 Å². The van der Waals surface area contributed by atoms with Gasteiger partial charge in [-0.3, -0.25) is 0 Å². The molecule has 3 heteroatoms. The molecule has 0 saturated heterocycles. The molecule has 0 radical (unpaired) electrons. The zero-order valence-electron chi connectivity index (χ0n) is 27.5. The standard InChI is InChI=1S/C43H40O3/c1-26-20-37-29(15-17-35-32-18-19-42(2,3)24-31(32)25-43(4,5)40(35)37)23-36(26)34-16-14-28-11-7-8-13-33(28)39(34)30-12-9-10-27(21-30)22-38(44)41(45)46-6/h7-23,44H,24-25H2,1-6H3. The first-order valence-corrected chi connectivity index (χ1v) is 16.1. The number of methoxy groups -OCH3 is 1. The van der Waals surface area contributed by atoms with Crippen LogP contribution < -0.4 is 0 Å². The van der Waals surface area contributed by atoms with Crippen molar-refractivity contribution in [3.05, 3.63) is 131 Å². The number of ether oxygens (including phenoxy) is 1. The number of esters is 1. The van der Waals surface area contributed by atoms with Gasteiger partial charge in [0, 0.05) is 0 Å². The Balaban J connectivity index is 1.43. The third-order valence-corrected chi connectivity index (χ3v) is 9.83. The van der Waals surface area contributed by atoms with Crippen molar-refractivity contribution in [3.8, 4) is 22.3 Å². The summed E-state index contributed by atoms with van der Waals surface area (Å²) in [5, 5.41) is 15.1. The Morgan fingerprint density at radius 2 is 1.57 bits per heavy atom. The summed E-state index contributed by atoms with van der Waals surface area (Å²) in [6.45, 7) is 11.7. The summed E-state index contributed by atoms with van der Waals surface area (Å²) in [6.07, 6.45) is 8.40. The van der Waals surface area contributed by atoms with Crippen molar-refractivity contribution < 1.29 is 14.6 Å². The minimum Gasteiger partial charge on any atom is -0.502 e. The van der Waals surface area contributed by atoms with Crippen LogP contribution in [0.1, 0.15) is 62.8 Å². The van der Waals surface area contributed by atoms with Gasteiger partial charge < -0.3 is 9.84 Å². The third kappa shape index (κ3) is 5.04. The van der Waals surface area contributed by atoms with Crippen LogP contribution in [-0.4, -0.2) is 18.2 Å². The van der Waals surface area contributed by atoms with Crippen molar-refractivity contribution in [1.82, 2.24) is 0 Å². The Labute approximate surface area is 271 Å². The molecule has 0 bridgehead atoms. The maximum absolute atomic E-state index is 11.9. The lowest BCUT2D eigenvalue weighted by molar-refractivity contribution is -0.138. The van der Waals surface area contributed by atoms with Gasteiger partial charge in [0.1, 0.15) is 0 Å². The van der Waals surface area contributed by atoms with E-state index >= 15 is 0 Å². The van der Waals surface area contributed by atoms with Gasteiger partial charge in [0.2, 0.25) is 5.76 Å². The van der Waals surface area contributed by atoms with Crippen LogP contribution in [0.25, 0.3) is 55.4 Å². The highest BCUT2D eigenvalue weighted by Gasteiger charge is 2.36. The molecule has 5 aromatic carbocycles. The number of hydrogen-bond donors (Lipinski definition) is 1. The number of fused-ring (bicyclic) bond motifs is 5. The fourth-order valence-corrected chi connectivity index (χ4v) is 7.83. The number of aliphatic hydroxyl groups excluding tert-OH is 1. The van der Waals surface area contributed by atoms with Crippen LogP contribution in [0.15, 0.2) is 108 Å². The summed E-state index contributed by atoms with van der Waals surface area (Å²) < 4.78 is 4.70. The molecule has 2 aliphatic carbocycles. The number of aliphatic hydroxyl groups is 1. The van der Waals surface area contributed by atoms with Gasteiger partial charge in [0.15, 0.2) is 0 Å². The Morgan fingerprint density at radius 3 is 2.37 bits per heavy atom. The van der Waals surface area contributed by atoms with Crippen molar-refractivity contribution in [3.63, 3.8) is 0 Å². The zero-order valence-corrected chi connectivity index (χ0v) is 27.5. The molecule has 2 aliphatic rings. The smallest absolute Gasteiger partial charge is 0.373 e. The molecule has 0 unspecified atom stereocenters. The van der Waals surface area contributed by atoms with E-state index in [1.165, 1.54) is 51.8 Å². The first-order chi connectivity index (χ1) is 22.0. The van der Waals surface area contributed by atoms with Gasteiger partial charge in [-0.15, -0.1) is 0 Å². The maximum atomic E-state index is 11.9. The molecule has 0 aliphatic heterocycles. The highest BCUT2D eigenvalue weighted by atomic mass is 16.5. The van der Waals surface area contributed by atoms with E-state index < -0.39 is 11.7 Å². The van der Waals surface area contributed by atoms with E-state index in [0.29, 0.717) is 0 Å². The SMILES string of the molecule is COC(=O)C(O)=Cc1cccc(-c2c(-c3cc4ccc5c(c4cc3C)C(C)(C)CC3=C5C=CC(C)(C)C3)ccc3ccccc23)c1. The molecule has 0 amide bonds. The lowest BCUT2D eigenvalue weighted by Gasteiger charge is -2.40. The first-order valence-electron chi connectivity index (χ1n) is 16.1. The molecule has 0 spiro atoms. The molecule has 0 atom stereocenters. The lowest BCUT2D eigenvalue weighted by Crippen LogP contribution is -2.27. The van der Waals surface area contributed by atoms with Gasteiger partial charge in [-0.2, -0.15) is 0 Å². The molecule has 1 N–H and O–H groups in total. The minimum atomic E-state index is -0.760. The van der Waals surface area contributed by atoms with Gasteiger partial charge in [-0.25, -0.2) is 4.79 Å². The van der Waals surface area contributed by atoms with E-state index in [2.05, 4.69) is 114 Å². The van der Waals surface area contributed by atoms with Crippen LogP contribution in [0, 0.1) is 12.3 Å². The van der Waals surface area contributed by atoms with Crippen LogP contribution in [0.4, 0.5) is 0 Å². The number of benzene rings is 5. The Hall–Kier alpha value is -4.89. The summed E-state index contributed by atoms with van der Waals surface area (Å²) in [5.74, 6) is -1.19. The van der Waals surface area contributed by atoms with Gasteiger partial charge in [-0.1, -0.05) is 118 Å². The highest BCUT2D eigenvalue weighted by Crippen LogP contribution is 2.51. The van der Waals surface area contributed by atoms with Gasteiger partial charge in [0.05, 0.1) is 7.11 Å². The number of carbonyl (C=O) groups is 1. The summed E-state index contributed by atoms with van der Waals surface area (Å²) in [4.78, 5) is 11.9. The van der Waals surface area contributed by atoms with Crippen molar-refractivity contribution in [2.24, 2.45) is 5.41 Å². The number of rotatable bonds is 4. The summed E-state index contributed by atoms with van der Waals surface area (Å²) >= 11 is 0. The fourth-order valence-electron chi connectivity index (χ4n) is 7.83. The minimum absolute atomic E-state index is 0.0285. The predicted molar refractivity (Wildman–Crippen MR) is 192 cm³/mol. The molecule has 0 heterocycles. The van der Waals surface area contributed by atoms with Crippen molar-refractivity contribution in [2.75, 3.05) is 7.11 Å². The van der Waals surface area contributed by atoms with Crippen molar-refractivity contribution >= 4 is 39.2 Å². The average Bonchev–Trinajstić information content (AvgIpc) is 3.02. The average molecular weight is 605 g/mol. The van der Waals surface area contributed by atoms with E-state index in [1.807, 2.05) is 18.2 Å². The molecule has 0 aromatic heterocycles. The monoisotopic (exact) mass is 604 g/mol. The highest BCUT2D eigenvalue weighted by molar-refractivity contribution is 6.06. The Bertz CT molecular complexity index is 2170. The van der Waals surface area contributed by atoms with Crippen LogP contribution in [0.2, 0.25) is 0 Å². The van der Waals surface area contributed by atoms with Crippen LogP contribution in [0.5, 0.6) is 0 Å². The Kier molecular flexibility index (Phi) is 7.05. The zero-order chi connectivity index (χ0) is 32.4. The molecule has 3 nitrogen and oxygen atoms in total. The first kappa shape index (κ1) is 29.8. The van der Waals surface area contributed by atoms with Crippen molar-refractivity contribution in [1.29, 1.82) is 0 Å². The molecule has 0 saturated carbocycles. The second-order valence-electron chi connectivity index (χ2n) is 14.3. The molecule has 46 heavy (non-hydrogen) atoms. The van der Waals surface area contributed by atoms with E-state index in [-0.39, 0.29) is 10.8 Å². The van der Waals surface area contributed by atoms with Crippen LogP contribution >= 0.6 is 0 Å². The predicted octanol–water partition coefficient (Wildman–Crippen LogP) is 11.1. The van der Waals surface area contributed by atoms with E-state index in [0.717, 1.165) is 45.9 Å². The lowest BCUT2D eigenvalue weighted by atomic mass is 9.64. The Morgan fingerprint density at radius 1 is 0.804 bits per heavy atom. The maximum Gasteiger partial charge on any atom is 0.373 e. The van der Waals surface area contributed by atoms with Gasteiger partial charge in [0.25, 0.3) is 0 Å². The summed E-state index contributed by atoms with van der Waals surface area (Å²) in [7, 11) is 1.26. The molecule has 5 aromatic rings. The molecule has 7 rings (SSSR count). The molecular weight excluding hydrogens is 564 g/mol. The number of hydrogen-bond acceptors (Lipinski definition) is 3. The third-order valence-electron chi connectivity index (χ3n) is 9.83. The normalized spacial score (nSPS) is 16.8. The van der Waals surface area contributed by atoms with Crippen molar-refractivity contribution in [2.45, 2.75) is 52.9 Å². The topological polar surface area (TPSA) is 46.5 Å². The summed E-state index contributed by atoms with van der Waals surface area (Å²) in [5.41, 5.74) is 12.5. The van der Waals surface area contributed by atoms with Gasteiger partial charge >= 0.3 is 5.97 Å². The van der Waals surface area contributed by atoms with E-state index in [4.69, 9.17) is 4.74 Å². The van der Waals surface area contributed by atoms with E-state index in [9.17, 15) is 9.90 Å². The molecular formula is C43H40O3. The second kappa shape index (κ2) is 10.9. The summed E-state index contributed by atoms with van der Waals surface area (Å²) in [6, 6.07) is 30.3. The van der Waals surface area contributed by atoms with E-state index in [1.54, 1.807) is 5.57 Å². The largest absolute Gasteiger partial charge is 0.502 e.